The number of halogens is 4. The SMILES string of the molecule is CC(C)C([NH3+])CC[C@H]([NH3+])COc1cc(-c2ccc(F)cc2)cc(-c2ccc(F)cc2)c1.[Cl-].[Cl-]. The van der Waals surface area contributed by atoms with Gasteiger partial charge in [-0.3, -0.25) is 0 Å². The Kier molecular flexibility index (Phi) is 11.8. The van der Waals surface area contributed by atoms with Crippen LogP contribution in [0.3, 0.4) is 0 Å². The summed E-state index contributed by atoms with van der Waals surface area (Å²) in [6, 6.07) is 19.2. The summed E-state index contributed by atoms with van der Waals surface area (Å²) in [5.41, 5.74) is 12.0. The van der Waals surface area contributed by atoms with E-state index in [1.54, 1.807) is 24.3 Å². The van der Waals surface area contributed by atoms with Crippen molar-refractivity contribution in [2.45, 2.75) is 38.8 Å². The quantitative estimate of drug-likeness (QED) is 0.366. The maximum Gasteiger partial charge on any atom is 0.140 e. The highest BCUT2D eigenvalue weighted by atomic mass is 35.5. The molecule has 0 fully saturated rings. The van der Waals surface area contributed by atoms with E-state index >= 15 is 0 Å². The first-order chi connectivity index (χ1) is 14.8. The lowest BCUT2D eigenvalue weighted by atomic mass is 9.98. The highest BCUT2D eigenvalue weighted by molar-refractivity contribution is 5.75. The van der Waals surface area contributed by atoms with Crippen molar-refractivity contribution in [2.75, 3.05) is 6.61 Å². The predicted molar refractivity (Wildman–Crippen MR) is 120 cm³/mol. The van der Waals surface area contributed by atoms with Crippen molar-refractivity contribution in [3.05, 3.63) is 78.4 Å². The van der Waals surface area contributed by atoms with Gasteiger partial charge in [-0.1, -0.05) is 38.1 Å². The molecule has 0 aliphatic carbocycles. The molecule has 1 unspecified atom stereocenters. The molecule has 7 heteroatoms. The minimum Gasteiger partial charge on any atom is -1.00 e. The predicted octanol–water partition coefficient (Wildman–Crippen LogP) is -1.66. The molecule has 3 aromatic rings. The molecular weight excluding hydrogens is 465 g/mol. The Hall–Kier alpha value is -2.18. The Morgan fingerprint density at radius 1 is 0.697 bits per heavy atom. The van der Waals surface area contributed by atoms with Gasteiger partial charge in [-0.2, -0.15) is 0 Å². The zero-order chi connectivity index (χ0) is 22.4. The molecule has 0 bridgehead atoms. The Bertz CT molecular complexity index is 919. The third kappa shape index (κ3) is 8.59. The second kappa shape index (κ2) is 13.5. The van der Waals surface area contributed by atoms with Gasteiger partial charge in [0.1, 0.15) is 30.0 Å². The molecule has 0 amide bonds. The third-order valence-electron chi connectivity index (χ3n) is 5.64. The van der Waals surface area contributed by atoms with E-state index in [-0.39, 0.29) is 42.5 Å². The smallest absolute Gasteiger partial charge is 0.140 e. The van der Waals surface area contributed by atoms with Crippen LogP contribution in [-0.4, -0.2) is 18.7 Å². The average Bonchev–Trinajstić information content (AvgIpc) is 2.76. The van der Waals surface area contributed by atoms with Gasteiger partial charge < -0.3 is 41.0 Å². The largest absolute Gasteiger partial charge is 1.00 e. The summed E-state index contributed by atoms with van der Waals surface area (Å²) in [4.78, 5) is 0. The van der Waals surface area contributed by atoms with Gasteiger partial charge in [-0.05, 0) is 64.7 Å². The molecule has 3 nitrogen and oxygen atoms in total. The minimum atomic E-state index is -0.278. The van der Waals surface area contributed by atoms with E-state index in [0.29, 0.717) is 24.3 Å². The molecule has 0 aromatic heterocycles. The zero-order valence-electron chi connectivity index (χ0n) is 19.0. The Morgan fingerprint density at radius 2 is 1.15 bits per heavy atom. The maximum atomic E-state index is 13.4. The normalized spacial score (nSPS) is 12.5. The van der Waals surface area contributed by atoms with Crippen LogP contribution in [0.2, 0.25) is 0 Å². The molecule has 3 aromatic carbocycles. The summed E-state index contributed by atoms with van der Waals surface area (Å²) in [5, 5.41) is 0. The molecule has 2 atom stereocenters. The van der Waals surface area contributed by atoms with Crippen LogP contribution < -0.4 is 41.0 Å². The van der Waals surface area contributed by atoms with Gasteiger partial charge in [-0.15, -0.1) is 0 Å². The molecule has 0 saturated carbocycles. The molecule has 0 aliphatic heterocycles. The summed E-state index contributed by atoms with van der Waals surface area (Å²) >= 11 is 0. The molecule has 0 saturated heterocycles. The van der Waals surface area contributed by atoms with Gasteiger partial charge in [0.25, 0.3) is 0 Å². The molecular formula is C26H32Cl2F2N2O. The Labute approximate surface area is 207 Å². The van der Waals surface area contributed by atoms with E-state index in [1.165, 1.54) is 24.3 Å². The highest BCUT2D eigenvalue weighted by Crippen LogP contribution is 2.32. The number of benzene rings is 3. The second-order valence-corrected chi connectivity index (χ2v) is 8.52. The first-order valence-corrected chi connectivity index (χ1v) is 10.8. The number of ether oxygens (including phenoxy) is 1. The van der Waals surface area contributed by atoms with Crippen LogP contribution in [0.1, 0.15) is 26.7 Å². The summed E-state index contributed by atoms with van der Waals surface area (Å²) in [7, 11) is 0. The lowest BCUT2D eigenvalue weighted by Crippen LogP contribution is -3.00. The van der Waals surface area contributed by atoms with Crippen LogP contribution in [0.4, 0.5) is 8.78 Å². The first-order valence-electron chi connectivity index (χ1n) is 10.8. The van der Waals surface area contributed by atoms with E-state index in [0.717, 1.165) is 35.1 Å². The molecule has 33 heavy (non-hydrogen) atoms. The van der Waals surface area contributed by atoms with E-state index < -0.39 is 0 Å². The molecule has 3 rings (SSSR count). The van der Waals surface area contributed by atoms with Crippen molar-refractivity contribution in [2.24, 2.45) is 5.92 Å². The summed E-state index contributed by atoms with van der Waals surface area (Å²) in [6.45, 7) is 4.87. The number of quaternary nitrogens is 2. The summed E-state index contributed by atoms with van der Waals surface area (Å²) in [5.74, 6) is 0.712. The van der Waals surface area contributed by atoms with Crippen LogP contribution in [0.25, 0.3) is 22.3 Å². The number of hydrogen-bond acceptors (Lipinski definition) is 1. The fraction of sp³-hybridized carbons (Fsp3) is 0.308. The Balaban J connectivity index is 0.00000272. The van der Waals surface area contributed by atoms with E-state index in [9.17, 15) is 8.78 Å². The van der Waals surface area contributed by atoms with Gasteiger partial charge >= 0.3 is 0 Å². The monoisotopic (exact) mass is 496 g/mol. The summed E-state index contributed by atoms with van der Waals surface area (Å²) in [6.07, 6.45) is 1.97. The van der Waals surface area contributed by atoms with Gasteiger partial charge in [0.15, 0.2) is 0 Å². The van der Waals surface area contributed by atoms with E-state index in [4.69, 9.17) is 4.74 Å². The van der Waals surface area contributed by atoms with Crippen molar-refractivity contribution in [3.8, 4) is 28.0 Å². The maximum absolute atomic E-state index is 13.4. The van der Waals surface area contributed by atoms with Crippen molar-refractivity contribution >= 4 is 0 Å². The molecule has 0 heterocycles. The zero-order valence-corrected chi connectivity index (χ0v) is 20.6. The van der Waals surface area contributed by atoms with Crippen LogP contribution in [0.15, 0.2) is 66.7 Å². The van der Waals surface area contributed by atoms with Crippen molar-refractivity contribution in [1.29, 1.82) is 0 Å². The van der Waals surface area contributed by atoms with Gasteiger partial charge in [0.2, 0.25) is 0 Å². The van der Waals surface area contributed by atoms with Gasteiger partial charge in [-0.25, -0.2) is 8.78 Å². The average molecular weight is 497 g/mol. The van der Waals surface area contributed by atoms with Crippen LogP contribution in [-0.2, 0) is 0 Å². The fourth-order valence-electron chi connectivity index (χ4n) is 3.38. The Morgan fingerprint density at radius 3 is 1.58 bits per heavy atom. The lowest BCUT2D eigenvalue weighted by molar-refractivity contribution is -0.447. The summed E-state index contributed by atoms with van der Waals surface area (Å²) < 4.78 is 32.9. The van der Waals surface area contributed by atoms with Crippen molar-refractivity contribution in [3.63, 3.8) is 0 Å². The second-order valence-electron chi connectivity index (χ2n) is 8.52. The number of hydrogen-bond donors (Lipinski definition) is 2. The van der Waals surface area contributed by atoms with Crippen LogP contribution in [0, 0.1) is 17.6 Å². The van der Waals surface area contributed by atoms with Crippen molar-refractivity contribution in [1.82, 2.24) is 0 Å². The minimum absolute atomic E-state index is 0. The lowest BCUT2D eigenvalue weighted by Gasteiger charge is -2.16. The van der Waals surface area contributed by atoms with Crippen molar-refractivity contribution < 1.29 is 49.8 Å². The van der Waals surface area contributed by atoms with Gasteiger partial charge in [0.05, 0.1) is 6.04 Å². The highest BCUT2D eigenvalue weighted by Gasteiger charge is 2.16. The van der Waals surface area contributed by atoms with E-state index in [2.05, 4.69) is 25.3 Å². The van der Waals surface area contributed by atoms with Crippen LogP contribution >= 0.6 is 0 Å². The molecule has 180 valence electrons. The molecule has 6 N–H and O–H groups in total. The fourth-order valence-corrected chi connectivity index (χ4v) is 3.38. The first kappa shape index (κ1) is 28.9. The van der Waals surface area contributed by atoms with Crippen LogP contribution in [0.5, 0.6) is 5.75 Å². The molecule has 0 aliphatic rings. The van der Waals surface area contributed by atoms with Gasteiger partial charge in [0, 0.05) is 18.8 Å². The standard InChI is InChI=1S/C26H30F2N2O.2ClH/c1-17(2)26(30)12-11-24(29)16-31-25-14-20(18-3-7-22(27)8-4-18)13-21(15-25)19-5-9-23(28)10-6-19;;/h3-10,13-15,17,24,26H,11-12,16,29-30H2,1-2H3;2*1H/t24-,26?;;/m0../s1. The van der Waals surface area contributed by atoms with E-state index in [1.807, 2.05) is 18.2 Å². The topological polar surface area (TPSA) is 64.5 Å². The molecule has 0 spiro atoms. The number of rotatable bonds is 9. The molecule has 0 radical (unpaired) electrons. The third-order valence-corrected chi connectivity index (χ3v) is 5.64.